The number of anilines is 1. The smallest absolute Gasteiger partial charge is 0.257 e. The van der Waals surface area contributed by atoms with Gasteiger partial charge in [0.2, 0.25) is 0 Å². The van der Waals surface area contributed by atoms with Crippen LogP contribution in [0, 0.1) is 0 Å². The number of para-hydroxylation sites is 1. The summed E-state index contributed by atoms with van der Waals surface area (Å²) >= 11 is 14.2. The predicted octanol–water partition coefficient (Wildman–Crippen LogP) is 7.01. The fraction of sp³-hybridized carbons (Fsp3) is 0.0870. The Balaban J connectivity index is 1.57. The molecule has 2 N–H and O–H groups in total. The normalized spacial score (nSPS) is 10.7. The van der Waals surface area contributed by atoms with Crippen molar-refractivity contribution in [3.05, 3.63) is 75.2 Å². The molecule has 0 saturated carbocycles. The first-order valence-electron chi connectivity index (χ1n) is 9.64. The summed E-state index contributed by atoms with van der Waals surface area (Å²) in [4.78, 5) is 17.4. The number of carbonyl (C=O) groups excluding carboxylic acids is 1. The monoisotopic (exact) mass is 589 g/mol. The second kappa shape index (κ2) is 10.1. The standard InChI is InChI=1S/C23H17Br2N3O2S2/c1-2-30-15-9-7-13(8-10-15)21(29)28-23(31)27-20-16(11-14(24)12-17(20)25)22-26-18-5-3-4-6-19(18)32-22/h3-12H,2H2,1H3,(H2,27,28,29,31). The van der Waals surface area contributed by atoms with Crippen molar-refractivity contribution in [1.29, 1.82) is 0 Å². The number of nitrogens with one attached hydrogen (secondary N) is 2. The molecule has 32 heavy (non-hydrogen) atoms. The fourth-order valence-electron chi connectivity index (χ4n) is 3.05. The van der Waals surface area contributed by atoms with Crippen LogP contribution >= 0.6 is 55.4 Å². The van der Waals surface area contributed by atoms with Crippen LogP contribution in [-0.2, 0) is 0 Å². The maximum Gasteiger partial charge on any atom is 0.257 e. The lowest BCUT2D eigenvalue weighted by Crippen LogP contribution is -2.34. The van der Waals surface area contributed by atoms with Gasteiger partial charge in [0.1, 0.15) is 10.8 Å². The summed E-state index contributed by atoms with van der Waals surface area (Å²) in [6.45, 7) is 2.48. The maximum atomic E-state index is 12.6. The number of carbonyl (C=O) groups is 1. The number of rotatable bonds is 5. The van der Waals surface area contributed by atoms with Gasteiger partial charge in [-0.1, -0.05) is 28.1 Å². The molecule has 0 aliphatic carbocycles. The summed E-state index contributed by atoms with van der Waals surface area (Å²) < 4.78 is 8.20. The van der Waals surface area contributed by atoms with Crippen molar-refractivity contribution in [2.24, 2.45) is 0 Å². The molecule has 0 fully saturated rings. The molecule has 4 aromatic rings. The summed E-state index contributed by atoms with van der Waals surface area (Å²) in [6, 6.07) is 18.8. The number of fused-ring (bicyclic) bond motifs is 1. The summed E-state index contributed by atoms with van der Waals surface area (Å²) in [5.41, 5.74) is 3.01. The van der Waals surface area contributed by atoms with Crippen LogP contribution in [0.25, 0.3) is 20.8 Å². The molecular weight excluding hydrogens is 574 g/mol. The molecule has 162 valence electrons. The summed E-state index contributed by atoms with van der Waals surface area (Å²) in [5.74, 6) is 0.407. The summed E-state index contributed by atoms with van der Waals surface area (Å²) in [6.07, 6.45) is 0. The minimum atomic E-state index is -0.305. The molecule has 0 bridgehead atoms. The number of thiocarbonyl (C=S) groups is 1. The number of nitrogens with zero attached hydrogens (tertiary/aromatic N) is 1. The molecule has 0 atom stereocenters. The van der Waals surface area contributed by atoms with Crippen LogP contribution < -0.4 is 15.4 Å². The van der Waals surface area contributed by atoms with Crippen LogP contribution in [0.1, 0.15) is 17.3 Å². The molecule has 5 nitrogen and oxygen atoms in total. The van der Waals surface area contributed by atoms with Gasteiger partial charge in [0, 0.05) is 20.1 Å². The second-order valence-corrected chi connectivity index (χ2v) is 9.87. The van der Waals surface area contributed by atoms with Crippen LogP contribution in [-0.4, -0.2) is 22.6 Å². The van der Waals surface area contributed by atoms with E-state index in [1.165, 1.54) is 0 Å². The average molecular weight is 591 g/mol. The quantitative estimate of drug-likeness (QED) is 0.245. The van der Waals surface area contributed by atoms with E-state index < -0.39 is 0 Å². The third-order valence-corrected chi connectivity index (χ3v) is 6.83. The lowest BCUT2D eigenvalue weighted by atomic mass is 10.2. The van der Waals surface area contributed by atoms with Gasteiger partial charge in [-0.15, -0.1) is 11.3 Å². The average Bonchev–Trinajstić information content (AvgIpc) is 3.20. The molecule has 0 saturated heterocycles. The number of hydrogen-bond donors (Lipinski definition) is 2. The van der Waals surface area contributed by atoms with Crippen LogP contribution in [0.2, 0.25) is 0 Å². The molecule has 0 aliphatic rings. The first kappa shape index (κ1) is 22.8. The van der Waals surface area contributed by atoms with E-state index in [2.05, 4.69) is 42.5 Å². The van der Waals surface area contributed by atoms with Gasteiger partial charge in [0.05, 0.1) is 22.5 Å². The van der Waals surface area contributed by atoms with Crippen molar-refractivity contribution in [2.45, 2.75) is 6.92 Å². The zero-order valence-corrected chi connectivity index (χ0v) is 21.6. The van der Waals surface area contributed by atoms with E-state index in [-0.39, 0.29) is 11.0 Å². The third-order valence-electron chi connectivity index (χ3n) is 4.47. The van der Waals surface area contributed by atoms with Crippen LogP contribution in [0.5, 0.6) is 5.75 Å². The summed E-state index contributed by atoms with van der Waals surface area (Å²) in [5, 5.41) is 6.92. The first-order chi connectivity index (χ1) is 15.4. The Morgan fingerprint density at radius 3 is 2.59 bits per heavy atom. The first-order valence-corrected chi connectivity index (χ1v) is 12.5. The van der Waals surface area contributed by atoms with E-state index in [9.17, 15) is 4.79 Å². The molecule has 0 radical (unpaired) electrons. The number of aromatic nitrogens is 1. The molecule has 0 aliphatic heterocycles. The van der Waals surface area contributed by atoms with E-state index in [1.807, 2.05) is 43.3 Å². The predicted molar refractivity (Wildman–Crippen MR) is 142 cm³/mol. The van der Waals surface area contributed by atoms with Crippen molar-refractivity contribution in [1.82, 2.24) is 10.3 Å². The Bertz CT molecular complexity index is 1270. The van der Waals surface area contributed by atoms with E-state index >= 15 is 0 Å². The third kappa shape index (κ3) is 5.17. The maximum absolute atomic E-state index is 12.6. The molecule has 3 aromatic carbocycles. The minimum Gasteiger partial charge on any atom is -0.494 e. The van der Waals surface area contributed by atoms with Gasteiger partial charge in [-0.2, -0.15) is 0 Å². The number of halogens is 2. The van der Waals surface area contributed by atoms with Gasteiger partial charge in [-0.25, -0.2) is 4.98 Å². The number of amides is 1. The second-order valence-electron chi connectivity index (χ2n) is 6.66. The Hall–Kier alpha value is -2.33. The van der Waals surface area contributed by atoms with Gasteiger partial charge in [0.15, 0.2) is 5.11 Å². The molecule has 1 amide bonds. The van der Waals surface area contributed by atoms with Gasteiger partial charge >= 0.3 is 0 Å². The highest BCUT2D eigenvalue weighted by Crippen LogP contribution is 2.40. The van der Waals surface area contributed by atoms with Crippen LogP contribution in [0.15, 0.2) is 69.6 Å². The van der Waals surface area contributed by atoms with Gasteiger partial charge in [-0.05, 0) is 83.6 Å². The van der Waals surface area contributed by atoms with E-state index in [4.69, 9.17) is 21.9 Å². The van der Waals surface area contributed by atoms with E-state index in [0.717, 1.165) is 35.4 Å². The van der Waals surface area contributed by atoms with Crippen molar-refractivity contribution in [3.8, 4) is 16.3 Å². The van der Waals surface area contributed by atoms with Gasteiger partial charge in [0.25, 0.3) is 5.91 Å². The SMILES string of the molecule is CCOc1ccc(C(=O)NC(=S)Nc2c(Br)cc(Br)cc2-c2nc3ccccc3s2)cc1. The van der Waals surface area contributed by atoms with Crippen LogP contribution in [0.3, 0.4) is 0 Å². The fourth-order valence-corrected chi connectivity index (χ4v) is 5.55. The number of hydrogen-bond acceptors (Lipinski definition) is 5. The van der Waals surface area contributed by atoms with Crippen molar-refractivity contribution in [3.63, 3.8) is 0 Å². The Morgan fingerprint density at radius 1 is 1.12 bits per heavy atom. The summed E-state index contributed by atoms with van der Waals surface area (Å²) in [7, 11) is 0. The number of benzene rings is 3. The lowest BCUT2D eigenvalue weighted by Gasteiger charge is -2.15. The lowest BCUT2D eigenvalue weighted by molar-refractivity contribution is 0.0977. The van der Waals surface area contributed by atoms with E-state index in [1.54, 1.807) is 35.6 Å². The van der Waals surface area contributed by atoms with Crippen molar-refractivity contribution < 1.29 is 9.53 Å². The Labute approximate surface area is 211 Å². The molecule has 1 aromatic heterocycles. The Kier molecular flexibility index (Phi) is 7.20. The van der Waals surface area contributed by atoms with Gasteiger partial charge < -0.3 is 10.1 Å². The zero-order valence-electron chi connectivity index (χ0n) is 16.8. The molecule has 1 heterocycles. The van der Waals surface area contributed by atoms with Gasteiger partial charge in [-0.3, -0.25) is 10.1 Å². The topological polar surface area (TPSA) is 63.2 Å². The Morgan fingerprint density at radius 2 is 1.88 bits per heavy atom. The van der Waals surface area contributed by atoms with E-state index in [0.29, 0.717) is 17.9 Å². The molecule has 9 heteroatoms. The largest absolute Gasteiger partial charge is 0.494 e. The number of thiazole rings is 1. The highest BCUT2D eigenvalue weighted by atomic mass is 79.9. The highest BCUT2D eigenvalue weighted by Gasteiger charge is 2.17. The minimum absolute atomic E-state index is 0.189. The molecular formula is C23H17Br2N3O2S2. The van der Waals surface area contributed by atoms with Crippen molar-refractivity contribution in [2.75, 3.05) is 11.9 Å². The molecule has 4 rings (SSSR count). The van der Waals surface area contributed by atoms with Crippen LogP contribution in [0.4, 0.5) is 5.69 Å². The molecule has 0 spiro atoms. The molecule has 0 unspecified atom stereocenters. The zero-order chi connectivity index (χ0) is 22.7. The number of ether oxygens (including phenoxy) is 1. The highest BCUT2D eigenvalue weighted by molar-refractivity contribution is 9.11. The van der Waals surface area contributed by atoms with Crippen molar-refractivity contribution >= 4 is 82.3 Å².